The van der Waals surface area contributed by atoms with Gasteiger partial charge in [-0.1, -0.05) is 6.42 Å². The molecular formula is C18H21F3N2O6S. The highest BCUT2D eigenvalue weighted by Crippen LogP contribution is 2.32. The Morgan fingerprint density at radius 2 is 1.90 bits per heavy atom. The highest BCUT2D eigenvalue weighted by atomic mass is 32.2. The summed E-state index contributed by atoms with van der Waals surface area (Å²) in [5.74, 6) is -1.32. The topological polar surface area (TPSA) is 94.2 Å². The summed E-state index contributed by atoms with van der Waals surface area (Å²) in [6.07, 6.45) is -1.16. The van der Waals surface area contributed by atoms with Crippen LogP contribution in [0, 0.1) is 0 Å². The maximum atomic E-state index is 12.9. The van der Waals surface area contributed by atoms with Crippen LogP contribution < -0.4 is 10.1 Å². The van der Waals surface area contributed by atoms with Crippen LogP contribution in [0.4, 0.5) is 18.9 Å². The van der Waals surface area contributed by atoms with Crippen molar-refractivity contribution < 1.29 is 40.6 Å². The Labute approximate surface area is 171 Å². The molecule has 2 heterocycles. The van der Waals surface area contributed by atoms with Gasteiger partial charge in [0.15, 0.2) is 6.61 Å². The Kier molecular flexibility index (Phi) is 6.76. The van der Waals surface area contributed by atoms with Crippen LogP contribution in [-0.2, 0) is 24.3 Å². The van der Waals surface area contributed by atoms with Crippen molar-refractivity contribution in [2.24, 2.45) is 0 Å². The summed E-state index contributed by atoms with van der Waals surface area (Å²) in [6.45, 7) is -0.514. The standard InChI is InChI=1S/C18H21F3N2O6S/c19-18(20,21)12-29-15-5-4-13(30(25,26)23-6-2-1-3-7-23)10-14(15)22-17(24)16-11-27-8-9-28-16/h4-5,10-11H,1-3,6-9,12H2,(H,22,24). The van der Waals surface area contributed by atoms with Crippen molar-refractivity contribution in [3.8, 4) is 5.75 Å². The zero-order valence-corrected chi connectivity index (χ0v) is 16.7. The second-order valence-electron chi connectivity index (χ2n) is 6.68. The molecule has 1 aromatic rings. The minimum Gasteiger partial charge on any atom is -0.494 e. The van der Waals surface area contributed by atoms with E-state index in [2.05, 4.69) is 5.32 Å². The van der Waals surface area contributed by atoms with E-state index in [0.717, 1.165) is 43.7 Å². The number of anilines is 1. The molecule has 1 amide bonds. The van der Waals surface area contributed by atoms with E-state index in [0.29, 0.717) is 13.1 Å². The van der Waals surface area contributed by atoms with Gasteiger partial charge >= 0.3 is 6.18 Å². The maximum Gasteiger partial charge on any atom is 0.422 e. The van der Waals surface area contributed by atoms with Gasteiger partial charge in [0.2, 0.25) is 15.8 Å². The lowest BCUT2D eigenvalue weighted by atomic mass is 10.2. The smallest absolute Gasteiger partial charge is 0.422 e. The molecular weight excluding hydrogens is 429 g/mol. The summed E-state index contributed by atoms with van der Waals surface area (Å²) in [7, 11) is -3.87. The number of rotatable bonds is 6. The largest absolute Gasteiger partial charge is 0.494 e. The summed E-state index contributed by atoms with van der Waals surface area (Å²) in [5.41, 5.74) is -0.225. The first-order chi connectivity index (χ1) is 14.2. The molecule has 12 heteroatoms. The predicted octanol–water partition coefficient (Wildman–Crippen LogP) is 2.63. The molecule has 1 fully saturated rings. The van der Waals surface area contributed by atoms with Gasteiger partial charge in [-0.2, -0.15) is 17.5 Å². The number of amides is 1. The first-order valence-corrected chi connectivity index (χ1v) is 10.7. The SMILES string of the molecule is O=C(Nc1cc(S(=O)(=O)N2CCCCC2)ccc1OCC(F)(F)F)C1=COCCO1. The lowest BCUT2D eigenvalue weighted by Gasteiger charge is -2.26. The number of benzene rings is 1. The van der Waals surface area contributed by atoms with Gasteiger partial charge in [0, 0.05) is 13.1 Å². The van der Waals surface area contributed by atoms with E-state index in [1.54, 1.807) is 0 Å². The zero-order valence-electron chi connectivity index (χ0n) is 15.9. The van der Waals surface area contributed by atoms with Crippen molar-refractivity contribution >= 4 is 21.6 Å². The van der Waals surface area contributed by atoms with Gasteiger partial charge in [-0.25, -0.2) is 8.42 Å². The van der Waals surface area contributed by atoms with Crippen LogP contribution in [0.25, 0.3) is 0 Å². The fourth-order valence-electron chi connectivity index (χ4n) is 2.98. The molecule has 0 aromatic heterocycles. The number of halogens is 3. The Morgan fingerprint density at radius 3 is 2.53 bits per heavy atom. The van der Waals surface area contributed by atoms with E-state index >= 15 is 0 Å². The van der Waals surface area contributed by atoms with Crippen molar-refractivity contribution in [1.29, 1.82) is 0 Å². The highest BCUT2D eigenvalue weighted by Gasteiger charge is 2.31. The number of alkyl halides is 3. The van der Waals surface area contributed by atoms with Crippen LogP contribution in [0.15, 0.2) is 35.1 Å². The summed E-state index contributed by atoms with van der Waals surface area (Å²) >= 11 is 0. The number of nitrogens with zero attached hydrogens (tertiary/aromatic N) is 1. The van der Waals surface area contributed by atoms with Crippen molar-refractivity contribution in [3.05, 3.63) is 30.2 Å². The van der Waals surface area contributed by atoms with Crippen LogP contribution in [0.5, 0.6) is 5.75 Å². The minimum atomic E-state index is -4.61. The Balaban J connectivity index is 1.89. The van der Waals surface area contributed by atoms with Crippen LogP contribution in [0.2, 0.25) is 0 Å². The molecule has 0 bridgehead atoms. The fraction of sp³-hybridized carbons (Fsp3) is 0.500. The average molecular weight is 450 g/mol. The van der Waals surface area contributed by atoms with Crippen molar-refractivity contribution in [3.63, 3.8) is 0 Å². The third-order valence-corrected chi connectivity index (χ3v) is 6.31. The molecule has 1 aromatic carbocycles. The second kappa shape index (κ2) is 9.13. The van der Waals surface area contributed by atoms with Gasteiger partial charge in [0.1, 0.15) is 25.2 Å². The lowest BCUT2D eigenvalue weighted by molar-refractivity contribution is -0.153. The summed E-state index contributed by atoms with van der Waals surface area (Å²) < 4.78 is 79.7. The van der Waals surface area contributed by atoms with Gasteiger partial charge in [0.25, 0.3) is 5.91 Å². The lowest BCUT2D eigenvalue weighted by Crippen LogP contribution is -2.35. The van der Waals surface area contributed by atoms with Gasteiger partial charge in [-0.3, -0.25) is 4.79 Å². The quantitative estimate of drug-likeness (QED) is 0.716. The Bertz CT molecular complexity index is 911. The van der Waals surface area contributed by atoms with E-state index in [-0.39, 0.29) is 35.3 Å². The van der Waals surface area contributed by atoms with E-state index in [4.69, 9.17) is 14.2 Å². The second-order valence-corrected chi connectivity index (χ2v) is 8.62. The zero-order chi connectivity index (χ0) is 21.8. The normalized spacial score (nSPS) is 18.0. The molecule has 1 saturated heterocycles. The van der Waals surface area contributed by atoms with E-state index in [1.165, 1.54) is 4.31 Å². The molecule has 2 aliphatic heterocycles. The van der Waals surface area contributed by atoms with Gasteiger partial charge in [0.05, 0.1) is 10.6 Å². The maximum absolute atomic E-state index is 12.9. The van der Waals surface area contributed by atoms with Crippen LogP contribution >= 0.6 is 0 Å². The number of hydrogen-bond acceptors (Lipinski definition) is 6. The summed E-state index contributed by atoms with van der Waals surface area (Å²) in [5, 5.41) is 2.34. The molecule has 2 aliphatic rings. The molecule has 3 rings (SSSR count). The summed E-state index contributed by atoms with van der Waals surface area (Å²) in [6, 6.07) is 3.33. The van der Waals surface area contributed by atoms with E-state index in [1.807, 2.05) is 0 Å². The first-order valence-electron chi connectivity index (χ1n) is 9.26. The Morgan fingerprint density at radius 1 is 1.17 bits per heavy atom. The number of nitrogens with one attached hydrogen (secondary N) is 1. The molecule has 1 N–H and O–H groups in total. The molecule has 0 radical (unpaired) electrons. The van der Waals surface area contributed by atoms with E-state index in [9.17, 15) is 26.4 Å². The number of carbonyl (C=O) groups excluding carboxylic acids is 1. The minimum absolute atomic E-state index is 0.125. The van der Waals surface area contributed by atoms with Crippen molar-refractivity contribution in [1.82, 2.24) is 4.31 Å². The number of piperidine rings is 1. The van der Waals surface area contributed by atoms with Crippen molar-refractivity contribution in [2.45, 2.75) is 30.3 Å². The van der Waals surface area contributed by atoms with Gasteiger partial charge in [-0.05, 0) is 31.0 Å². The average Bonchev–Trinajstić information content (AvgIpc) is 2.73. The molecule has 0 atom stereocenters. The number of sulfonamides is 1. The molecule has 8 nitrogen and oxygen atoms in total. The molecule has 0 aliphatic carbocycles. The van der Waals surface area contributed by atoms with Crippen LogP contribution in [0.1, 0.15) is 19.3 Å². The third kappa shape index (κ3) is 5.57. The monoisotopic (exact) mass is 450 g/mol. The molecule has 0 spiro atoms. The first kappa shape index (κ1) is 22.2. The van der Waals surface area contributed by atoms with Crippen LogP contribution in [0.3, 0.4) is 0 Å². The number of carbonyl (C=O) groups is 1. The Hall–Kier alpha value is -2.47. The van der Waals surface area contributed by atoms with Crippen molar-refractivity contribution in [2.75, 3.05) is 38.2 Å². The molecule has 0 saturated carbocycles. The van der Waals surface area contributed by atoms with Gasteiger partial charge < -0.3 is 19.5 Å². The fourth-order valence-corrected chi connectivity index (χ4v) is 4.52. The van der Waals surface area contributed by atoms with Crippen LogP contribution in [-0.4, -0.2) is 57.7 Å². The molecule has 30 heavy (non-hydrogen) atoms. The molecule has 166 valence electrons. The molecule has 0 unspecified atom stereocenters. The number of hydrogen-bond donors (Lipinski definition) is 1. The van der Waals surface area contributed by atoms with E-state index < -0.39 is 28.7 Å². The predicted molar refractivity (Wildman–Crippen MR) is 99.2 cm³/mol. The summed E-state index contributed by atoms with van der Waals surface area (Å²) in [4.78, 5) is 12.2. The number of ether oxygens (including phenoxy) is 3. The van der Waals surface area contributed by atoms with Gasteiger partial charge in [-0.15, -0.1) is 0 Å². The highest BCUT2D eigenvalue weighted by molar-refractivity contribution is 7.89. The third-order valence-electron chi connectivity index (χ3n) is 4.42.